The van der Waals surface area contributed by atoms with Crippen molar-refractivity contribution in [1.82, 2.24) is 20.5 Å². The second-order valence-electron chi connectivity index (χ2n) is 9.82. The molecule has 1 unspecified atom stereocenters. The Kier molecular flexibility index (Phi) is 4.96. The maximum absolute atomic E-state index is 12.6. The SMILES string of the molecule is Cc1nc2ccc(OC3CCN(c4nnc(C(=O)NC5CC6CC5C6)cc4C)CC3)cc2o1. The molecule has 1 amide bonds. The summed E-state index contributed by atoms with van der Waals surface area (Å²) in [6.45, 7) is 5.52. The molecule has 7 rings (SSSR count). The molecule has 2 aromatic heterocycles. The number of fused-ring (bicyclic) bond motifs is 2. The van der Waals surface area contributed by atoms with Crippen molar-refractivity contribution in [2.24, 2.45) is 11.8 Å². The van der Waals surface area contributed by atoms with Gasteiger partial charge in [0.1, 0.15) is 17.4 Å². The molecule has 0 spiro atoms. The van der Waals surface area contributed by atoms with Crippen LogP contribution < -0.4 is 15.0 Å². The van der Waals surface area contributed by atoms with Crippen LogP contribution in [-0.4, -0.2) is 46.3 Å². The number of aryl methyl sites for hydroxylation is 2. The first-order chi connectivity index (χ1) is 16.0. The summed E-state index contributed by atoms with van der Waals surface area (Å²) < 4.78 is 11.8. The van der Waals surface area contributed by atoms with Gasteiger partial charge in [0, 0.05) is 45.0 Å². The smallest absolute Gasteiger partial charge is 0.272 e. The number of carbonyl (C=O) groups excluding carboxylic acids is 1. The van der Waals surface area contributed by atoms with Crippen LogP contribution in [0.25, 0.3) is 11.1 Å². The van der Waals surface area contributed by atoms with Crippen LogP contribution in [0.15, 0.2) is 28.7 Å². The van der Waals surface area contributed by atoms with Gasteiger partial charge in [0.15, 0.2) is 23.0 Å². The van der Waals surface area contributed by atoms with Crippen molar-refractivity contribution in [1.29, 1.82) is 0 Å². The Morgan fingerprint density at radius 3 is 2.67 bits per heavy atom. The zero-order chi connectivity index (χ0) is 22.5. The molecule has 3 aliphatic carbocycles. The third-order valence-corrected chi connectivity index (χ3v) is 7.45. The number of piperidine rings is 1. The summed E-state index contributed by atoms with van der Waals surface area (Å²) in [5.74, 6) is 3.70. The average molecular weight is 448 g/mol. The lowest BCUT2D eigenvalue weighted by Gasteiger charge is -2.33. The van der Waals surface area contributed by atoms with Crippen molar-refractivity contribution in [3.63, 3.8) is 0 Å². The third kappa shape index (κ3) is 3.92. The number of nitrogens with one attached hydrogen (secondary N) is 1. The summed E-state index contributed by atoms with van der Waals surface area (Å²) in [6.07, 6.45) is 5.57. The van der Waals surface area contributed by atoms with Gasteiger partial charge in [-0.1, -0.05) is 0 Å². The summed E-state index contributed by atoms with van der Waals surface area (Å²) in [5.41, 5.74) is 3.00. The molecule has 33 heavy (non-hydrogen) atoms. The van der Waals surface area contributed by atoms with Gasteiger partial charge in [-0.25, -0.2) is 4.98 Å². The molecule has 172 valence electrons. The molecular weight excluding hydrogens is 418 g/mol. The summed E-state index contributed by atoms with van der Waals surface area (Å²) in [6, 6.07) is 7.98. The highest BCUT2D eigenvalue weighted by molar-refractivity contribution is 5.92. The van der Waals surface area contributed by atoms with Crippen molar-refractivity contribution in [2.75, 3.05) is 18.0 Å². The predicted molar refractivity (Wildman–Crippen MR) is 123 cm³/mol. The number of rotatable bonds is 5. The summed E-state index contributed by atoms with van der Waals surface area (Å²) >= 11 is 0. The minimum Gasteiger partial charge on any atom is -0.490 e. The first-order valence-corrected chi connectivity index (χ1v) is 12.0. The molecule has 1 N–H and O–H groups in total. The molecule has 2 bridgehead atoms. The lowest BCUT2D eigenvalue weighted by Crippen LogP contribution is -2.39. The molecule has 1 aliphatic heterocycles. The average Bonchev–Trinajstić information content (AvgIpc) is 3.46. The molecule has 1 aromatic carbocycles. The Labute approximate surface area is 192 Å². The van der Waals surface area contributed by atoms with Gasteiger partial charge < -0.3 is 19.4 Å². The van der Waals surface area contributed by atoms with E-state index in [1.54, 1.807) is 0 Å². The Balaban J connectivity index is 1.06. The first-order valence-electron chi connectivity index (χ1n) is 12.0. The van der Waals surface area contributed by atoms with Gasteiger partial charge in [0.25, 0.3) is 5.91 Å². The standard InChI is InChI=1S/C25H29N5O3/c1-14-9-22(25(31)27-21-12-16-10-17(21)11-16)28-29-24(14)30-7-5-18(6-8-30)33-19-3-4-20-23(13-19)32-15(2)26-20/h3-4,9,13,16-18,21H,5-8,10-12H2,1-2H3,(H,27,31). The van der Waals surface area contributed by atoms with Crippen molar-refractivity contribution >= 4 is 22.8 Å². The Hall–Kier alpha value is -3.16. The van der Waals surface area contributed by atoms with Gasteiger partial charge in [-0.05, 0) is 61.8 Å². The molecule has 4 aliphatic rings. The molecule has 1 saturated heterocycles. The topological polar surface area (TPSA) is 93.4 Å². The first kappa shape index (κ1) is 20.4. The van der Waals surface area contributed by atoms with Crippen LogP contribution in [0.2, 0.25) is 0 Å². The van der Waals surface area contributed by atoms with Crippen molar-refractivity contribution in [3.8, 4) is 5.75 Å². The number of amides is 1. The van der Waals surface area contributed by atoms with E-state index < -0.39 is 0 Å². The number of aromatic nitrogens is 3. The summed E-state index contributed by atoms with van der Waals surface area (Å²) in [5, 5.41) is 11.9. The van der Waals surface area contributed by atoms with Crippen LogP contribution in [0.3, 0.4) is 0 Å². The number of benzene rings is 1. The van der Waals surface area contributed by atoms with Gasteiger partial charge in [-0.15, -0.1) is 10.2 Å². The fraction of sp³-hybridized carbons (Fsp3) is 0.520. The molecule has 8 heteroatoms. The number of hydrogen-bond acceptors (Lipinski definition) is 7. The van der Waals surface area contributed by atoms with Crippen molar-refractivity contribution in [2.45, 2.75) is 58.1 Å². The van der Waals surface area contributed by atoms with Gasteiger partial charge in [-0.3, -0.25) is 4.79 Å². The van der Waals surface area contributed by atoms with E-state index in [1.165, 1.54) is 12.8 Å². The zero-order valence-corrected chi connectivity index (χ0v) is 19.1. The van der Waals surface area contributed by atoms with Crippen LogP contribution in [0.4, 0.5) is 5.82 Å². The van der Waals surface area contributed by atoms with E-state index in [1.807, 2.05) is 38.1 Å². The maximum Gasteiger partial charge on any atom is 0.272 e. The van der Waals surface area contributed by atoms with Crippen LogP contribution in [0.5, 0.6) is 5.75 Å². The van der Waals surface area contributed by atoms with Gasteiger partial charge in [0.2, 0.25) is 0 Å². The van der Waals surface area contributed by atoms with E-state index >= 15 is 0 Å². The van der Waals surface area contributed by atoms with Crippen LogP contribution in [0, 0.1) is 25.7 Å². The van der Waals surface area contributed by atoms with Gasteiger partial charge in [-0.2, -0.15) is 0 Å². The normalized spacial score (nSPS) is 24.7. The molecule has 1 atom stereocenters. The van der Waals surface area contributed by atoms with E-state index in [-0.39, 0.29) is 12.0 Å². The highest BCUT2D eigenvalue weighted by Crippen LogP contribution is 2.48. The van der Waals surface area contributed by atoms with E-state index in [9.17, 15) is 4.79 Å². The lowest BCUT2D eigenvalue weighted by atomic mass is 9.84. The predicted octanol–water partition coefficient (Wildman–Crippen LogP) is 3.81. The van der Waals surface area contributed by atoms with Crippen molar-refractivity contribution in [3.05, 3.63) is 41.4 Å². The van der Waals surface area contributed by atoms with Crippen LogP contribution >= 0.6 is 0 Å². The van der Waals surface area contributed by atoms with Crippen LogP contribution in [0.1, 0.15) is 54.0 Å². The molecule has 3 aromatic rings. The van der Waals surface area contributed by atoms with Crippen molar-refractivity contribution < 1.29 is 13.9 Å². The van der Waals surface area contributed by atoms with E-state index in [0.29, 0.717) is 23.5 Å². The van der Waals surface area contributed by atoms with E-state index in [2.05, 4.69) is 25.4 Å². The third-order valence-electron chi connectivity index (χ3n) is 7.45. The van der Waals surface area contributed by atoms with Gasteiger partial charge >= 0.3 is 0 Å². The monoisotopic (exact) mass is 447 g/mol. The molecule has 0 radical (unpaired) electrons. The number of hydrogen-bond donors (Lipinski definition) is 1. The maximum atomic E-state index is 12.6. The molecule has 4 fully saturated rings. The summed E-state index contributed by atoms with van der Waals surface area (Å²) in [4.78, 5) is 19.2. The molecule has 3 saturated carbocycles. The van der Waals surface area contributed by atoms with E-state index in [0.717, 1.165) is 66.5 Å². The fourth-order valence-corrected chi connectivity index (χ4v) is 5.65. The Morgan fingerprint density at radius 2 is 1.94 bits per heavy atom. The zero-order valence-electron chi connectivity index (χ0n) is 19.1. The Morgan fingerprint density at radius 1 is 1.12 bits per heavy atom. The fourth-order valence-electron chi connectivity index (χ4n) is 5.65. The quantitative estimate of drug-likeness (QED) is 0.636. The minimum absolute atomic E-state index is 0.0965. The summed E-state index contributed by atoms with van der Waals surface area (Å²) in [7, 11) is 0. The number of anilines is 1. The number of carbonyl (C=O) groups is 1. The molecule has 3 heterocycles. The van der Waals surface area contributed by atoms with E-state index in [4.69, 9.17) is 9.15 Å². The second kappa shape index (κ2) is 8.01. The molecule has 8 nitrogen and oxygen atoms in total. The lowest BCUT2D eigenvalue weighted by molar-refractivity contribution is 0.0922. The highest BCUT2D eigenvalue weighted by Gasteiger charge is 2.44. The number of oxazole rings is 1. The van der Waals surface area contributed by atoms with Crippen LogP contribution in [-0.2, 0) is 0 Å². The minimum atomic E-state index is -0.0965. The second-order valence-corrected chi connectivity index (χ2v) is 9.82. The highest BCUT2D eigenvalue weighted by atomic mass is 16.5. The van der Waals surface area contributed by atoms with Gasteiger partial charge in [0.05, 0.1) is 0 Å². The number of ether oxygens (including phenoxy) is 1. The Bertz CT molecular complexity index is 1190. The largest absolute Gasteiger partial charge is 0.490 e. The number of nitrogens with zero attached hydrogens (tertiary/aromatic N) is 4. The molecular formula is C25H29N5O3.